The van der Waals surface area contributed by atoms with Crippen molar-refractivity contribution in [2.24, 2.45) is 0 Å². The lowest BCUT2D eigenvalue weighted by molar-refractivity contribution is -0.0526. The van der Waals surface area contributed by atoms with Crippen LogP contribution in [-0.2, 0) is 31.6 Å². The molecule has 1 saturated heterocycles. The molecule has 2 aliphatic heterocycles. The Kier molecular flexibility index (Phi) is 7.15. The molecule has 0 bridgehead atoms. The molecule has 9 N–H and O–H groups in total. The van der Waals surface area contributed by atoms with Gasteiger partial charge in [0.2, 0.25) is 0 Å². The molecule has 33 heavy (non-hydrogen) atoms. The molecule has 2 aliphatic rings. The van der Waals surface area contributed by atoms with E-state index >= 15 is 0 Å². The lowest BCUT2D eigenvalue weighted by Crippen LogP contribution is -2.41. The summed E-state index contributed by atoms with van der Waals surface area (Å²) in [6.07, 6.45) is -5.69. The third-order valence-electron chi connectivity index (χ3n) is 3.96. The van der Waals surface area contributed by atoms with Crippen LogP contribution < -0.4 is 16.2 Å². The van der Waals surface area contributed by atoms with Crippen molar-refractivity contribution in [1.82, 2.24) is 20.4 Å². The second-order valence-electron chi connectivity index (χ2n) is 6.32. The van der Waals surface area contributed by atoms with Crippen LogP contribution in [0.4, 0.5) is 10.6 Å². The molecule has 186 valence electrons. The molecule has 2 unspecified atom stereocenters. The Bertz CT molecular complexity index is 1090. The molecule has 0 saturated carbocycles. The zero-order chi connectivity index (χ0) is 24.8. The molecule has 3 heterocycles. The maximum absolute atomic E-state index is 12.2. The summed E-state index contributed by atoms with van der Waals surface area (Å²) in [6, 6.07) is -0.825. The van der Waals surface area contributed by atoms with Gasteiger partial charge in [0.15, 0.2) is 17.7 Å². The Balaban J connectivity index is 1.70. The zero-order valence-corrected chi connectivity index (χ0v) is 18.4. The van der Waals surface area contributed by atoms with Crippen molar-refractivity contribution >= 4 is 41.2 Å². The van der Waals surface area contributed by atoms with Crippen LogP contribution in [0.3, 0.4) is 0 Å². The van der Waals surface area contributed by atoms with Crippen molar-refractivity contribution in [1.29, 1.82) is 0 Å². The van der Waals surface area contributed by atoms with Crippen molar-refractivity contribution in [3.8, 4) is 0 Å². The summed E-state index contributed by atoms with van der Waals surface area (Å²) in [6.45, 7) is -1.06. The largest absolute Gasteiger partial charge is 0.490 e. The van der Waals surface area contributed by atoms with E-state index in [0.717, 1.165) is 10.9 Å². The van der Waals surface area contributed by atoms with Crippen molar-refractivity contribution in [2.75, 3.05) is 11.9 Å². The quantitative estimate of drug-likeness (QED) is 0.156. The predicted molar refractivity (Wildman–Crippen MR) is 97.6 cm³/mol. The van der Waals surface area contributed by atoms with Gasteiger partial charge in [-0.3, -0.25) is 24.6 Å². The van der Waals surface area contributed by atoms with E-state index in [0.29, 0.717) is 0 Å². The van der Waals surface area contributed by atoms with Crippen molar-refractivity contribution in [2.45, 2.75) is 24.5 Å². The number of aromatic nitrogens is 2. The number of phosphoric ester groups is 1. The van der Waals surface area contributed by atoms with Gasteiger partial charge in [0.05, 0.1) is 12.9 Å². The number of amides is 3. The first-order valence-corrected chi connectivity index (χ1v) is 12.8. The maximum Gasteiger partial charge on any atom is 0.490 e. The number of carbonyl (C=O) groups excluding carboxylic acids is 2. The first-order chi connectivity index (χ1) is 15.1. The number of aliphatic hydroxyl groups is 2. The first kappa shape index (κ1) is 25.9. The fraction of sp³-hybridized carbons (Fsp3) is 0.500. The summed E-state index contributed by atoms with van der Waals surface area (Å²) in [5.74, 6) is -1.09. The SMILES string of the molecule is O=C1NNC(=O)c2c(ncn2[C@H]2O[C@@H](COP(=O)(O)OP(=O)(O)OP(=O)(O)O)[C@H](O)[C@@H]2O)N1. The Morgan fingerprint density at radius 2 is 1.70 bits per heavy atom. The van der Waals surface area contributed by atoms with Crippen molar-refractivity contribution in [3.63, 3.8) is 0 Å². The van der Waals surface area contributed by atoms with E-state index in [1.807, 2.05) is 10.9 Å². The van der Waals surface area contributed by atoms with Gasteiger partial charge in [-0.05, 0) is 0 Å². The van der Waals surface area contributed by atoms with Crippen LogP contribution >= 0.6 is 23.5 Å². The molecule has 3 amide bonds. The fourth-order valence-electron chi connectivity index (χ4n) is 2.75. The molecule has 0 aliphatic carbocycles. The van der Waals surface area contributed by atoms with Gasteiger partial charge in [-0.25, -0.2) is 28.9 Å². The van der Waals surface area contributed by atoms with E-state index < -0.39 is 66.6 Å². The summed E-state index contributed by atoms with van der Waals surface area (Å²) in [5, 5.41) is 22.7. The van der Waals surface area contributed by atoms with E-state index in [4.69, 9.17) is 19.4 Å². The molecule has 3 rings (SSSR count). The van der Waals surface area contributed by atoms with Gasteiger partial charge in [-0.2, -0.15) is 8.62 Å². The molecular formula is C10H16N5O15P3. The number of hydrogen-bond acceptors (Lipinski definition) is 12. The van der Waals surface area contributed by atoms with Crippen LogP contribution in [0.2, 0.25) is 0 Å². The third-order valence-corrected chi connectivity index (χ3v) is 7.76. The summed E-state index contributed by atoms with van der Waals surface area (Å²) in [7, 11) is -16.9. The molecule has 0 radical (unpaired) electrons. The van der Waals surface area contributed by atoms with Crippen LogP contribution in [0.1, 0.15) is 16.7 Å². The number of fused-ring (bicyclic) bond motifs is 1. The highest BCUT2D eigenvalue weighted by atomic mass is 31.3. The average molecular weight is 539 g/mol. The highest BCUT2D eigenvalue weighted by Crippen LogP contribution is 2.66. The Hall–Kier alpha value is -1.76. The van der Waals surface area contributed by atoms with E-state index in [-0.39, 0.29) is 11.5 Å². The second kappa shape index (κ2) is 9.12. The monoisotopic (exact) mass is 539 g/mol. The number of rotatable bonds is 8. The third kappa shape index (κ3) is 6.23. The number of hydrazine groups is 1. The molecule has 6 atom stereocenters. The minimum atomic E-state index is -5.76. The normalized spacial score (nSPS) is 29.2. The fourth-order valence-corrected chi connectivity index (χ4v) is 5.78. The number of nitrogens with one attached hydrogen (secondary N) is 3. The lowest BCUT2D eigenvalue weighted by Gasteiger charge is -2.19. The first-order valence-electron chi connectivity index (χ1n) is 8.33. The molecule has 1 aromatic heterocycles. The van der Waals surface area contributed by atoms with E-state index in [1.165, 1.54) is 0 Å². The van der Waals surface area contributed by atoms with Crippen molar-refractivity contribution < 1.29 is 71.0 Å². The number of carbonyl (C=O) groups is 2. The number of anilines is 1. The van der Waals surface area contributed by atoms with Gasteiger partial charge in [-0.15, -0.1) is 0 Å². The summed E-state index contributed by atoms with van der Waals surface area (Å²) >= 11 is 0. The minimum Gasteiger partial charge on any atom is -0.387 e. The molecule has 0 aromatic carbocycles. The molecule has 0 spiro atoms. The minimum absolute atomic E-state index is 0.218. The number of nitrogens with zero attached hydrogens (tertiary/aromatic N) is 2. The van der Waals surface area contributed by atoms with E-state index in [2.05, 4.69) is 23.4 Å². The number of ether oxygens (including phenoxy) is 1. The number of aliphatic hydroxyl groups excluding tert-OH is 2. The molecule has 23 heteroatoms. The number of urea groups is 1. The van der Waals surface area contributed by atoms with Crippen LogP contribution in [-0.4, -0.2) is 76.2 Å². The Morgan fingerprint density at radius 1 is 1.03 bits per heavy atom. The standard InChI is InChI=1S/C10H16N5O15P3/c16-5-3(1-27-32(23,24)30-33(25,26)29-31(20,21)22)28-9(6(5)17)15-2-11-7-4(15)8(18)13-14-10(19)12-7/h2-3,5-6,9,16-17H,1H2,(H,13,18)(H,23,24)(H,25,26)(H2,12,14,19)(H2,20,21,22)/t3-,5-,6-,9-/m0/s1. The second-order valence-corrected chi connectivity index (χ2v) is 10.7. The van der Waals surface area contributed by atoms with Gasteiger partial charge in [0, 0.05) is 0 Å². The van der Waals surface area contributed by atoms with Gasteiger partial charge in [-0.1, -0.05) is 0 Å². The van der Waals surface area contributed by atoms with Gasteiger partial charge in [0.1, 0.15) is 18.3 Å². The molecule has 1 aromatic rings. The highest BCUT2D eigenvalue weighted by Gasteiger charge is 2.47. The van der Waals surface area contributed by atoms with Crippen LogP contribution in [0.15, 0.2) is 6.33 Å². The Labute approximate surface area is 181 Å². The molecular weight excluding hydrogens is 523 g/mol. The van der Waals surface area contributed by atoms with E-state index in [1.54, 1.807) is 0 Å². The van der Waals surface area contributed by atoms with Crippen molar-refractivity contribution in [3.05, 3.63) is 12.0 Å². The molecule has 20 nitrogen and oxygen atoms in total. The summed E-state index contributed by atoms with van der Waals surface area (Å²) in [5.41, 5.74) is 3.73. The number of imidazole rings is 1. The highest BCUT2D eigenvalue weighted by molar-refractivity contribution is 7.66. The zero-order valence-electron chi connectivity index (χ0n) is 15.7. The van der Waals surface area contributed by atoms with Crippen LogP contribution in [0.25, 0.3) is 0 Å². The van der Waals surface area contributed by atoms with Gasteiger partial charge in [0.25, 0.3) is 5.91 Å². The maximum atomic E-state index is 12.2. The predicted octanol–water partition coefficient (Wildman–Crippen LogP) is -2.37. The topological polar surface area (TPSA) is 298 Å². The van der Waals surface area contributed by atoms with Gasteiger partial charge >= 0.3 is 29.5 Å². The average Bonchev–Trinajstić information content (AvgIpc) is 3.12. The van der Waals surface area contributed by atoms with Crippen LogP contribution in [0.5, 0.6) is 0 Å². The number of phosphoric acid groups is 3. The Morgan fingerprint density at radius 3 is 2.33 bits per heavy atom. The smallest absolute Gasteiger partial charge is 0.387 e. The van der Waals surface area contributed by atoms with E-state index in [9.17, 15) is 38.4 Å². The van der Waals surface area contributed by atoms with Gasteiger partial charge < -0.3 is 34.5 Å². The molecule has 1 fully saturated rings. The lowest BCUT2D eigenvalue weighted by atomic mass is 10.1. The number of hydrogen-bond donors (Lipinski definition) is 9. The van der Waals surface area contributed by atoms with Crippen LogP contribution in [0, 0.1) is 0 Å². The summed E-state index contributed by atoms with van der Waals surface area (Å²) in [4.78, 5) is 63.0. The summed E-state index contributed by atoms with van der Waals surface area (Å²) < 4.78 is 51.5.